The molecule has 28 heavy (non-hydrogen) atoms. The van der Waals surface area contributed by atoms with Crippen LogP contribution in [0, 0.1) is 0 Å². The molecular weight excluding hydrogens is 418 g/mol. The number of halogens is 1. The SMILES string of the molecule is Nc1c(Br)c(CN2CCNCC2)nc2c(-c3cnc4c(c3)C=CCC4)cnn12. The Morgan fingerprint density at radius 2 is 2.07 bits per heavy atom. The molecule has 0 atom stereocenters. The number of hydrogen-bond donors (Lipinski definition) is 2. The predicted octanol–water partition coefficient (Wildman–Crippen LogP) is 2.50. The van der Waals surface area contributed by atoms with Gasteiger partial charge < -0.3 is 11.1 Å². The lowest BCUT2D eigenvalue weighted by molar-refractivity contribution is 0.230. The Hall–Kier alpha value is -2.29. The molecule has 1 saturated heterocycles. The van der Waals surface area contributed by atoms with Gasteiger partial charge in [-0.3, -0.25) is 9.88 Å². The fourth-order valence-electron chi connectivity index (χ4n) is 3.87. The fraction of sp³-hybridized carbons (Fsp3) is 0.350. The number of nitrogens with zero attached hydrogens (tertiary/aromatic N) is 5. The van der Waals surface area contributed by atoms with Crippen LogP contribution in [0.1, 0.15) is 23.4 Å². The van der Waals surface area contributed by atoms with Crippen molar-refractivity contribution in [3.8, 4) is 11.1 Å². The van der Waals surface area contributed by atoms with Crippen LogP contribution in [0.5, 0.6) is 0 Å². The quantitative estimate of drug-likeness (QED) is 0.651. The van der Waals surface area contributed by atoms with Gasteiger partial charge in [-0.1, -0.05) is 12.2 Å². The van der Waals surface area contributed by atoms with Crippen LogP contribution in [0.2, 0.25) is 0 Å². The van der Waals surface area contributed by atoms with Crippen LogP contribution in [0.3, 0.4) is 0 Å². The lowest BCUT2D eigenvalue weighted by atomic mass is 10.00. The summed E-state index contributed by atoms with van der Waals surface area (Å²) in [5.74, 6) is 0.576. The monoisotopic (exact) mass is 439 g/mol. The van der Waals surface area contributed by atoms with Crippen molar-refractivity contribution in [3.63, 3.8) is 0 Å². The summed E-state index contributed by atoms with van der Waals surface area (Å²) in [5, 5.41) is 7.87. The van der Waals surface area contributed by atoms with Gasteiger partial charge in [0.2, 0.25) is 0 Å². The molecular formula is C20H22BrN7. The maximum Gasteiger partial charge on any atom is 0.165 e. The molecule has 0 bridgehead atoms. The van der Waals surface area contributed by atoms with Gasteiger partial charge in [-0.25, -0.2) is 4.98 Å². The molecule has 7 nitrogen and oxygen atoms in total. The van der Waals surface area contributed by atoms with Crippen molar-refractivity contribution in [1.29, 1.82) is 0 Å². The zero-order valence-corrected chi connectivity index (χ0v) is 17.1. The highest BCUT2D eigenvalue weighted by Crippen LogP contribution is 2.31. The first-order valence-corrected chi connectivity index (χ1v) is 10.4. The van der Waals surface area contributed by atoms with Crippen molar-refractivity contribution in [1.82, 2.24) is 29.8 Å². The Balaban J connectivity index is 1.58. The number of anilines is 1. The minimum absolute atomic E-state index is 0.576. The molecule has 4 heterocycles. The molecule has 5 rings (SSSR count). The van der Waals surface area contributed by atoms with Crippen molar-refractivity contribution in [3.05, 3.63) is 46.0 Å². The molecule has 3 N–H and O–H groups in total. The third kappa shape index (κ3) is 3.11. The predicted molar refractivity (Wildman–Crippen MR) is 114 cm³/mol. The number of nitrogens with one attached hydrogen (secondary N) is 1. The summed E-state index contributed by atoms with van der Waals surface area (Å²) in [6.45, 7) is 4.78. The molecule has 1 aliphatic carbocycles. The third-order valence-corrected chi connectivity index (χ3v) is 6.30. The second-order valence-corrected chi connectivity index (χ2v) is 8.07. The van der Waals surface area contributed by atoms with Gasteiger partial charge in [0.25, 0.3) is 0 Å². The number of pyridine rings is 1. The molecule has 0 radical (unpaired) electrons. The van der Waals surface area contributed by atoms with Crippen molar-refractivity contribution < 1.29 is 0 Å². The number of piperazine rings is 1. The maximum atomic E-state index is 6.38. The highest BCUT2D eigenvalue weighted by atomic mass is 79.9. The topological polar surface area (TPSA) is 84.4 Å². The van der Waals surface area contributed by atoms with Gasteiger partial charge in [0.1, 0.15) is 5.82 Å². The van der Waals surface area contributed by atoms with E-state index in [1.54, 1.807) is 4.52 Å². The number of nitrogens with two attached hydrogens (primary N) is 1. The van der Waals surface area contributed by atoms with Crippen molar-refractivity contribution in [2.75, 3.05) is 31.9 Å². The first-order valence-electron chi connectivity index (χ1n) is 9.61. The molecule has 1 fully saturated rings. The van der Waals surface area contributed by atoms with Crippen LogP contribution in [-0.2, 0) is 13.0 Å². The normalized spacial score (nSPS) is 17.2. The molecule has 0 aromatic carbocycles. The minimum atomic E-state index is 0.576. The second kappa shape index (κ2) is 7.27. The Morgan fingerprint density at radius 1 is 1.21 bits per heavy atom. The summed E-state index contributed by atoms with van der Waals surface area (Å²) in [5.41, 5.74) is 12.4. The van der Waals surface area contributed by atoms with Crippen molar-refractivity contribution >= 4 is 33.5 Å². The number of rotatable bonds is 3. The molecule has 144 valence electrons. The first-order chi connectivity index (χ1) is 13.7. The molecule has 3 aromatic heterocycles. The van der Waals surface area contributed by atoms with E-state index in [0.29, 0.717) is 5.82 Å². The van der Waals surface area contributed by atoms with E-state index >= 15 is 0 Å². The zero-order chi connectivity index (χ0) is 19.1. The van der Waals surface area contributed by atoms with Crippen LogP contribution in [0.25, 0.3) is 22.9 Å². The van der Waals surface area contributed by atoms with Gasteiger partial charge in [-0.15, -0.1) is 0 Å². The molecule has 1 aliphatic heterocycles. The Labute approximate surface area is 171 Å². The molecule has 3 aromatic rings. The summed E-state index contributed by atoms with van der Waals surface area (Å²) in [6.07, 6.45) is 10.1. The lowest BCUT2D eigenvalue weighted by Gasteiger charge is -2.27. The van der Waals surface area contributed by atoms with Crippen LogP contribution in [0.4, 0.5) is 5.82 Å². The number of fused-ring (bicyclic) bond motifs is 2. The highest BCUT2D eigenvalue weighted by molar-refractivity contribution is 9.10. The summed E-state index contributed by atoms with van der Waals surface area (Å²) in [6, 6.07) is 2.17. The Morgan fingerprint density at radius 3 is 2.93 bits per heavy atom. The van der Waals surface area contributed by atoms with E-state index < -0.39 is 0 Å². The Bertz CT molecular complexity index is 1070. The lowest BCUT2D eigenvalue weighted by Crippen LogP contribution is -2.43. The average molecular weight is 440 g/mol. The number of nitrogen functional groups attached to an aromatic ring is 1. The molecule has 0 amide bonds. The van der Waals surface area contributed by atoms with E-state index in [2.05, 4.69) is 54.4 Å². The Kier molecular flexibility index (Phi) is 4.62. The van der Waals surface area contributed by atoms with Gasteiger partial charge in [0.15, 0.2) is 5.65 Å². The van der Waals surface area contributed by atoms with E-state index in [-0.39, 0.29) is 0 Å². The third-order valence-electron chi connectivity index (χ3n) is 5.43. The first kappa shape index (κ1) is 17.8. The average Bonchev–Trinajstić information content (AvgIpc) is 3.16. The fourth-order valence-corrected chi connectivity index (χ4v) is 4.26. The number of aromatic nitrogens is 4. The standard InChI is InChI=1S/C20H22BrN7/c21-18-17(12-27-7-5-23-6-8-27)26-20-15(11-25-28(20)19(18)22)14-9-13-3-1-2-4-16(13)24-10-14/h1,3,9-11,23H,2,4-8,12,22H2. The van der Waals surface area contributed by atoms with Crippen LogP contribution in [-0.4, -0.2) is 50.7 Å². The van der Waals surface area contributed by atoms with Gasteiger partial charge >= 0.3 is 0 Å². The number of aryl methyl sites for hydroxylation is 1. The van der Waals surface area contributed by atoms with Crippen LogP contribution < -0.4 is 11.1 Å². The summed E-state index contributed by atoms with van der Waals surface area (Å²) in [7, 11) is 0. The molecule has 8 heteroatoms. The molecule has 0 spiro atoms. The van der Waals surface area contributed by atoms with Crippen molar-refractivity contribution in [2.45, 2.75) is 19.4 Å². The van der Waals surface area contributed by atoms with Gasteiger partial charge in [0, 0.05) is 55.7 Å². The van der Waals surface area contributed by atoms with Crippen molar-refractivity contribution in [2.24, 2.45) is 0 Å². The van der Waals surface area contributed by atoms with E-state index in [0.717, 1.165) is 78.2 Å². The maximum absolute atomic E-state index is 6.38. The minimum Gasteiger partial charge on any atom is -0.383 e. The summed E-state index contributed by atoms with van der Waals surface area (Å²) < 4.78 is 2.52. The van der Waals surface area contributed by atoms with Crippen LogP contribution in [0.15, 0.2) is 29.0 Å². The van der Waals surface area contributed by atoms with E-state index in [1.165, 1.54) is 5.56 Å². The second-order valence-electron chi connectivity index (χ2n) is 7.28. The summed E-state index contributed by atoms with van der Waals surface area (Å²) in [4.78, 5) is 12.0. The number of allylic oxidation sites excluding steroid dienone is 1. The summed E-state index contributed by atoms with van der Waals surface area (Å²) >= 11 is 3.63. The molecule has 0 unspecified atom stereocenters. The zero-order valence-electron chi connectivity index (χ0n) is 15.5. The number of hydrogen-bond acceptors (Lipinski definition) is 6. The van der Waals surface area contributed by atoms with Gasteiger partial charge in [-0.05, 0) is 40.4 Å². The molecule has 2 aliphatic rings. The van der Waals surface area contributed by atoms with E-state index in [4.69, 9.17) is 10.7 Å². The van der Waals surface area contributed by atoms with Gasteiger partial charge in [-0.2, -0.15) is 9.61 Å². The van der Waals surface area contributed by atoms with Crippen LogP contribution >= 0.6 is 15.9 Å². The largest absolute Gasteiger partial charge is 0.383 e. The highest BCUT2D eigenvalue weighted by Gasteiger charge is 2.19. The van der Waals surface area contributed by atoms with E-state index in [9.17, 15) is 0 Å². The van der Waals surface area contributed by atoms with E-state index in [1.807, 2.05) is 12.4 Å². The molecule has 0 saturated carbocycles. The smallest absolute Gasteiger partial charge is 0.165 e. The van der Waals surface area contributed by atoms with Gasteiger partial charge in [0.05, 0.1) is 16.4 Å².